The maximum absolute atomic E-state index is 13.9. The molecule has 0 aromatic heterocycles. The van der Waals surface area contributed by atoms with Crippen LogP contribution in [0.2, 0.25) is 0 Å². The molecule has 0 saturated carbocycles. The van der Waals surface area contributed by atoms with Crippen molar-refractivity contribution in [1.82, 2.24) is 0 Å². The number of nitrogens with zero attached hydrogens (tertiary/aromatic N) is 1. The SMILES string of the molecule is CC(=O)N1c2ccccc2C(Nc2ccccc2F)CC1C. The lowest BCUT2D eigenvalue weighted by molar-refractivity contribution is -0.117. The van der Waals surface area contributed by atoms with Gasteiger partial charge < -0.3 is 10.2 Å². The largest absolute Gasteiger partial charge is 0.376 e. The second-order valence-corrected chi connectivity index (χ2v) is 5.71. The topological polar surface area (TPSA) is 32.3 Å². The van der Waals surface area contributed by atoms with Crippen LogP contribution < -0.4 is 10.2 Å². The van der Waals surface area contributed by atoms with Gasteiger partial charge in [0.1, 0.15) is 5.82 Å². The van der Waals surface area contributed by atoms with Gasteiger partial charge in [0.25, 0.3) is 0 Å². The number of anilines is 2. The van der Waals surface area contributed by atoms with E-state index in [2.05, 4.69) is 5.32 Å². The molecular weight excluding hydrogens is 279 g/mol. The molecule has 4 heteroatoms. The van der Waals surface area contributed by atoms with Gasteiger partial charge in [-0.2, -0.15) is 0 Å². The fourth-order valence-electron chi connectivity index (χ4n) is 3.20. The van der Waals surface area contributed by atoms with Crippen LogP contribution in [-0.2, 0) is 4.79 Å². The lowest BCUT2D eigenvalue weighted by Crippen LogP contribution is -2.43. The molecular formula is C18H19FN2O. The zero-order valence-corrected chi connectivity index (χ0v) is 12.7. The van der Waals surface area contributed by atoms with E-state index in [9.17, 15) is 9.18 Å². The van der Waals surface area contributed by atoms with Gasteiger partial charge in [-0.3, -0.25) is 4.79 Å². The standard InChI is InChI=1S/C18H19FN2O/c1-12-11-17(20-16-9-5-4-8-15(16)19)14-7-3-6-10-18(14)21(12)13(2)22/h3-10,12,17,20H,11H2,1-2H3. The minimum atomic E-state index is -0.262. The second kappa shape index (κ2) is 5.79. The Morgan fingerprint density at radius 1 is 1.18 bits per heavy atom. The van der Waals surface area contributed by atoms with Gasteiger partial charge in [0.15, 0.2) is 0 Å². The first-order chi connectivity index (χ1) is 10.6. The lowest BCUT2D eigenvalue weighted by atomic mass is 9.91. The number of carbonyl (C=O) groups excluding carboxylic acids is 1. The summed E-state index contributed by atoms with van der Waals surface area (Å²) in [7, 11) is 0. The molecule has 0 saturated heterocycles. The molecule has 1 aliphatic rings. The van der Waals surface area contributed by atoms with Gasteiger partial charge in [0.2, 0.25) is 5.91 Å². The van der Waals surface area contributed by atoms with E-state index in [1.165, 1.54) is 6.07 Å². The number of rotatable bonds is 2. The maximum Gasteiger partial charge on any atom is 0.224 e. The van der Waals surface area contributed by atoms with E-state index in [0.29, 0.717) is 5.69 Å². The molecule has 2 unspecified atom stereocenters. The fourth-order valence-corrected chi connectivity index (χ4v) is 3.20. The summed E-state index contributed by atoms with van der Waals surface area (Å²) in [6.07, 6.45) is 0.741. The van der Waals surface area contributed by atoms with Crippen LogP contribution in [0.15, 0.2) is 48.5 Å². The van der Waals surface area contributed by atoms with Crippen LogP contribution in [0.25, 0.3) is 0 Å². The quantitative estimate of drug-likeness (QED) is 0.904. The van der Waals surface area contributed by atoms with Crippen molar-refractivity contribution >= 4 is 17.3 Å². The average Bonchev–Trinajstić information content (AvgIpc) is 2.49. The van der Waals surface area contributed by atoms with Crippen LogP contribution in [0.3, 0.4) is 0 Å². The van der Waals surface area contributed by atoms with Crippen molar-refractivity contribution in [3.63, 3.8) is 0 Å². The molecule has 2 aromatic rings. The minimum Gasteiger partial charge on any atom is -0.376 e. The molecule has 0 spiro atoms. The van der Waals surface area contributed by atoms with Crippen molar-refractivity contribution < 1.29 is 9.18 Å². The second-order valence-electron chi connectivity index (χ2n) is 5.71. The highest BCUT2D eigenvalue weighted by atomic mass is 19.1. The first kappa shape index (κ1) is 14.6. The van der Waals surface area contributed by atoms with E-state index in [1.807, 2.05) is 42.2 Å². The molecule has 3 rings (SSSR count). The third kappa shape index (κ3) is 2.56. The number of para-hydroxylation sites is 2. The Morgan fingerprint density at radius 2 is 1.86 bits per heavy atom. The first-order valence-electron chi connectivity index (χ1n) is 7.47. The molecule has 2 aromatic carbocycles. The molecule has 114 valence electrons. The van der Waals surface area contributed by atoms with Crippen molar-refractivity contribution in [3.05, 3.63) is 59.9 Å². The number of halogens is 1. The van der Waals surface area contributed by atoms with Gasteiger partial charge in [-0.1, -0.05) is 30.3 Å². The third-order valence-corrected chi connectivity index (χ3v) is 4.13. The van der Waals surface area contributed by atoms with Crippen molar-refractivity contribution in [2.24, 2.45) is 0 Å². The minimum absolute atomic E-state index is 0.0151. The Hall–Kier alpha value is -2.36. The zero-order chi connectivity index (χ0) is 15.7. The van der Waals surface area contributed by atoms with Gasteiger partial charge in [0.05, 0.1) is 11.7 Å². The van der Waals surface area contributed by atoms with Crippen LogP contribution in [-0.4, -0.2) is 11.9 Å². The number of nitrogens with one attached hydrogen (secondary N) is 1. The highest BCUT2D eigenvalue weighted by molar-refractivity contribution is 5.93. The Bertz CT molecular complexity index is 701. The number of hydrogen-bond acceptors (Lipinski definition) is 2. The highest BCUT2D eigenvalue weighted by Crippen LogP contribution is 2.39. The van der Waals surface area contributed by atoms with E-state index >= 15 is 0 Å². The third-order valence-electron chi connectivity index (χ3n) is 4.13. The summed E-state index contributed by atoms with van der Waals surface area (Å²) in [5.74, 6) is -0.231. The van der Waals surface area contributed by atoms with Crippen LogP contribution in [0.5, 0.6) is 0 Å². The summed E-state index contributed by atoms with van der Waals surface area (Å²) in [5, 5.41) is 3.28. The lowest BCUT2D eigenvalue weighted by Gasteiger charge is -2.39. The molecule has 2 atom stereocenters. The summed E-state index contributed by atoms with van der Waals surface area (Å²) in [5.41, 5.74) is 2.42. The van der Waals surface area contributed by atoms with E-state index < -0.39 is 0 Å². The van der Waals surface area contributed by atoms with Gasteiger partial charge in [-0.25, -0.2) is 4.39 Å². The summed E-state index contributed by atoms with van der Waals surface area (Å²) in [6, 6.07) is 14.5. The molecule has 1 N–H and O–H groups in total. The molecule has 22 heavy (non-hydrogen) atoms. The molecule has 0 aliphatic carbocycles. The molecule has 1 amide bonds. The number of hydrogen-bond donors (Lipinski definition) is 1. The van der Waals surface area contributed by atoms with Gasteiger partial charge in [-0.05, 0) is 37.1 Å². The molecule has 0 fully saturated rings. The van der Waals surface area contributed by atoms with Crippen molar-refractivity contribution in [3.8, 4) is 0 Å². The van der Waals surface area contributed by atoms with Crippen LogP contribution >= 0.6 is 0 Å². The van der Waals surface area contributed by atoms with Gasteiger partial charge in [0, 0.05) is 18.7 Å². The normalized spacial score (nSPS) is 20.4. The van der Waals surface area contributed by atoms with Crippen molar-refractivity contribution in [1.29, 1.82) is 0 Å². The fraction of sp³-hybridized carbons (Fsp3) is 0.278. The molecule has 1 heterocycles. The van der Waals surface area contributed by atoms with Crippen molar-refractivity contribution in [2.45, 2.75) is 32.4 Å². The van der Waals surface area contributed by atoms with E-state index in [0.717, 1.165) is 17.7 Å². The number of fused-ring (bicyclic) bond motifs is 1. The smallest absolute Gasteiger partial charge is 0.224 e. The Morgan fingerprint density at radius 3 is 2.59 bits per heavy atom. The summed E-state index contributed by atoms with van der Waals surface area (Å²) < 4.78 is 13.9. The van der Waals surface area contributed by atoms with Crippen LogP contribution in [0.4, 0.5) is 15.8 Å². The Kier molecular flexibility index (Phi) is 3.84. The van der Waals surface area contributed by atoms with E-state index in [4.69, 9.17) is 0 Å². The molecule has 3 nitrogen and oxygen atoms in total. The van der Waals surface area contributed by atoms with Gasteiger partial charge in [-0.15, -0.1) is 0 Å². The number of amides is 1. The highest BCUT2D eigenvalue weighted by Gasteiger charge is 2.32. The summed E-state index contributed by atoms with van der Waals surface area (Å²) in [6.45, 7) is 3.60. The van der Waals surface area contributed by atoms with Crippen LogP contribution in [0, 0.1) is 5.82 Å². The van der Waals surface area contributed by atoms with Crippen LogP contribution in [0.1, 0.15) is 31.9 Å². The average molecular weight is 298 g/mol. The molecule has 0 bridgehead atoms. The monoisotopic (exact) mass is 298 g/mol. The number of benzene rings is 2. The van der Waals surface area contributed by atoms with E-state index in [1.54, 1.807) is 19.1 Å². The summed E-state index contributed by atoms with van der Waals surface area (Å²) >= 11 is 0. The van der Waals surface area contributed by atoms with Crippen molar-refractivity contribution in [2.75, 3.05) is 10.2 Å². The molecule has 1 aliphatic heterocycles. The maximum atomic E-state index is 13.9. The first-order valence-corrected chi connectivity index (χ1v) is 7.47. The van der Waals surface area contributed by atoms with Gasteiger partial charge >= 0.3 is 0 Å². The number of carbonyl (C=O) groups is 1. The summed E-state index contributed by atoms with van der Waals surface area (Å²) in [4.78, 5) is 13.8. The Balaban J connectivity index is 1.98. The predicted octanol–water partition coefficient (Wildman–Crippen LogP) is 4.12. The zero-order valence-electron chi connectivity index (χ0n) is 12.7. The van der Waals surface area contributed by atoms with E-state index in [-0.39, 0.29) is 23.8 Å². The molecule has 0 radical (unpaired) electrons. The predicted molar refractivity (Wildman–Crippen MR) is 86.4 cm³/mol. The Labute approximate surface area is 129 Å².